The number of aliphatic hydroxyl groups excluding tert-OH is 1. The first-order chi connectivity index (χ1) is 16.0. The van der Waals surface area contributed by atoms with Gasteiger partial charge in [-0.2, -0.15) is 0 Å². The Labute approximate surface area is 192 Å². The number of carbonyl (C=O) groups excluding carboxylic acids is 2. The van der Waals surface area contributed by atoms with Crippen molar-refractivity contribution in [2.45, 2.75) is 26.3 Å². The van der Waals surface area contributed by atoms with E-state index in [0.717, 1.165) is 19.6 Å². The summed E-state index contributed by atoms with van der Waals surface area (Å²) in [5, 5.41) is 11.4. The molecule has 1 aromatic carbocycles. The molecule has 2 aromatic heterocycles. The number of methoxy groups -OCH3 is 1. The molecule has 0 aliphatic carbocycles. The zero-order chi connectivity index (χ0) is 23.5. The van der Waals surface area contributed by atoms with Crippen LogP contribution in [0.25, 0.3) is 11.0 Å². The predicted octanol–water partition coefficient (Wildman–Crippen LogP) is 4.34. The SMILES string of the molecule is CCN(CC)CCCN1C(=O)C(O)=C(C(=O)c2cc3cccc(OC)c3o2)[C@@H]1c1ccco1. The van der Waals surface area contributed by atoms with Gasteiger partial charge in [0.15, 0.2) is 22.9 Å². The Kier molecular flexibility index (Phi) is 6.55. The van der Waals surface area contributed by atoms with Crippen molar-refractivity contribution < 1.29 is 28.3 Å². The molecule has 8 heteroatoms. The third-order valence-corrected chi connectivity index (χ3v) is 6.08. The number of nitrogens with zero attached hydrogens (tertiary/aromatic N) is 2. The molecule has 0 radical (unpaired) electrons. The number of carbonyl (C=O) groups is 2. The first-order valence-corrected chi connectivity index (χ1v) is 11.1. The minimum atomic E-state index is -0.827. The molecule has 1 aliphatic rings. The highest BCUT2D eigenvalue weighted by atomic mass is 16.5. The van der Waals surface area contributed by atoms with E-state index in [1.165, 1.54) is 18.3 Å². The molecule has 1 aliphatic heterocycles. The predicted molar refractivity (Wildman–Crippen MR) is 122 cm³/mol. The number of benzene rings is 1. The summed E-state index contributed by atoms with van der Waals surface area (Å²) in [6, 6.07) is 9.48. The van der Waals surface area contributed by atoms with Crippen LogP contribution in [0.5, 0.6) is 5.75 Å². The van der Waals surface area contributed by atoms with Crippen molar-refractivity contribution >= 4 is 22.7 Å². The zero-order valence-corrected chi connectivity index (χ0v) is 19.0. The van der Waals surface area contributed by atoms with Gasteiger partial charge in [0.05, 0.1) is 18.9 Å². The van der Waals surface area contributed by atoms with Gasteiger partial charge in [0.2, 0.25) is 5.78 Å². The maximum Gasteiger partial charge on any atom is 0.290 e. The molecule has 3 heterocycles. The van der Waals surface area contributed by atoms with E-state index in [0.29, 0.717) is 35.4 Å². The number of Topliss-reactive ketones (excluding diaryl/α,β-unsaturated/α-hetero) is 1. The van der Waals surface area contributed by atoms with E-state index in [1.54, 1.807) is 36.4 Å². The van der Waals surface area contributed by atoms with Crippen LogP contribution in [0.15, 0.2) is 62.8 Å². The van der Waals surface area contributed by atoms with Crippen LogP contribution < -0.4 is 4.74 Å². The van der Waals surface area contributed by atoms with Gasteiger partial charge in [0.25, 0.3) is 5.91 Å². The molecule has 1 N–H and O–H groups in total. The van der Waals surface area contributed by atoms with Gasteiger partial charge in [-0.25, -0.2) is 0 Å². The lowest BCUT2D eigenvalue weighted by molar-refractivity contribution is -0.129. The van der Waals surface area contributed by atoms with E-state index < -0.39 is 23.5 Å². The Morgan fingerprint density at radius 3 is 2.67 bits per heavy atom. The Morgan fingerprint density at radius 2 is 2.00 bits per heavy atom. The Bertz CT molecular complexity index is 1170. The number of amides is 1. The van der Waals surface area contributed by atoms with Gasteiger partial charge in [-0.15, -0.1) is 0 Å². The molecule has 1 amide bonds. The number of hydrogen-bond donors (Lipinski definition) is 1. The molecular weight excluding hydrogens is 424 g/mol. The number of aliphatic hydroxyl groups is 1. The first kappa shape index (κ1) is 22.7. The summed E-state index contributed by atoms with van der Waals surface area (Å²) in [6.07, 6.45) is 2.18. The lowest BCUT2D eigenvalue weighted by atomic mass is 9.99. The van der Waals surface area contributed by atoms with Crippen LogP contribution >= 0.6 is 0 Å². The Hall–Kier alpha value is -3.52. The summed E-state index contributed by atoms with van der Waals surface area (Å²) in [5.74, 6) is -0.804. The van der Waals surface area contributed by atoms with Crippen molar-refractivity contribution in [1.29, 1.82) is 0 Å². The van der Waals surface area contributed by atoms with Crippen molar-refractivity contribution in [1.82, 2.24) is 9.80 Å². The van der Waals surface area contributed by atoms with Gasteiger partial charge < -0.3 is 28.5 Å². The smallest absolute Gasteiger partial charge is 0.290 e. The highest BCUT2D eigenvalue weighted by Gasteiger charge is 2.45. The summed E-state index contributed by atoms with van der Waals surface area (Å²) in [5.41, 5.74) is 0.384. The lowest BCUT2D eigenvalue weighted by Crippen LogP contribution is -2.34. The van der Waals surface area contributed by atoms with E-state index in [9.17, 15) is 14.7 Å². The monoisotopic (exact) mass is 452 g/mol. The van der Waals surface area contributed by atoms with E-state index >= 15 is 0 Å². The molecule has 0 unspecified atom stereocenters. The van der Waals surface area contributed by atoms with Crippen molar-refractivity contribution in [2.24, 2.45) is 0 Å². The average Bonchev–Trinajstić information content (AvgIpc) is 3.56. The highest BCUT2D eigenvalue weighted by Crippen LogP contribution is 2.40. The minimum absolute atomic E-state index is 0.0189. The second kappa shape index (κ2) is 9.54. The fourth-order valence-electron chi connectivity index (χ4n) is 4.31. The average molecular weight is 453 g/mol. The van der Waals surface area contributed by atoms with Crippen LogP contribution in [0, 0.1) is 0 Å². The summed E-state index contributed by atoms with van der Waals surface area (Å²) >= 11 is 0. The number of rotatable bonds is 10. The molecule has 0 spiro atoms. The fraction of sp³-hybridized carbons (Fsp3) is 0.360. The van der Waals surface area contributed by atoms with Crippen LogP contribution in [-0.4, -0.2) is 59.9 Å². The summed E-state index contributed by atoms with van der Waals surface area (Å²) < 4.78 is 16.7. The summed E-state index contributed by atoms with van der Waals surface area (Å²) in [6.45, 7) is 7.17. The molecule has 0 saturated heterocycles. The van der Waals surface area contributed by atoms with Crippen LogP contribution in [0.2, 0.25) is 0 Å². The maximum absolute atomic E-state index is 13.5. The van der Waals surface area contributed by atoms with Crippen molar-refractivity contribution in [3.8, 4) is 5.75 Å². The third kappa shape index (κ3) is 4.14. The third-order valence-electron chi connectivity index (χ3n) is 6.08. The molecule has 174 valence electrons. The molecule has 4 rings (SSSR count). The largest absolute Gasteiger partial charge is 0.503 e. The second-order valence-corrected chi connectivity index (χ2v) is 7.88. The minimum Gasteiger partial charge on any atom is -0.503 e. The number of ketones is 1. The molecule has 1 atom stereocenters. The highest BCUT2D eigenvalue weighted by molar-refractivity contribution is 6.16. The standard InChI is InChI=1S/C25H28N2O6/c1-4-26(5-2)12-8-13-27-21(17-11-7-14-32-17)20(23(29)25(27)30)22(28)19-15-16-9-6-10-18(31-3)24(16)33-19/h6-7,9-11,14-15,21,29H,4-5,8,12-13H2,1-3H3/t21-/m0/s1. The molecule has 0 fully saturated rings. The number of ether oxygens (including phenoxy) is 1. The fourth-order valence-corrected chi connectivity index (χ4v) is 4.31. The molecule has 0 bridgehead atoms. The quantitative estimate of drug-likeness (QED) is 0.457. The molecule has 3 aromatic rings. The molecular formula is C25H28N2O6. The Balaban J connectivity index is 1.67. The van der Waals surface area contributed by atoms with E-state index in [4.69, 9.17) is 13.6 Å². The van der Waals surface area contributed by atoms with Gasteiger partial charge in [0, 0.05) is 11.9 Å². The van der Waals surface area contributed by atoms with Crippen LogP contribution in [0.1, 0.15) is 42.6 Å². The van der Waals surface area contributed by atoms with Crippen LogP contribution in [-0.2, 0) is 4.79 Å². The van der Waals surface area contributed by atoms with E-state index in [2.05, 4.69) is 18.7 Å². The summed E-state index contributed by atoms with van der Waals surface area (Å²) in [7, 11) is 1.52. The van der Waals surface area contributed by atoms with Gasteiger partial charge in [-0.05, 0) is 50.3 Å². The number of hydrogen-bond acceptors (Lipinski definition) is 7. The van der Waals surface area contributed by atoms with Crippen LogP contribution in [0.4, 0.5) is 0 Å². The van der Waals surface area contributed by atoms with Crippen molar-refractivity contribution in [3.05, 3.63) is 65.5 Å². The van der Waals surface area contributed by atoms with Crippen molar-refractivity contribution in [2.75, 3.05) is 33.3 Å². The number of fused-ring (bicyclic) bond motifs is 1. The zero-order valence-electron chi connectivity index (χ0n) is 19.0. The van der Waals surface area contributed by atoms with Crippen molar-refractivity contribution in [3.63, 3.8) is 0 Å². The van der Waals surface area contributed by atoms with E-state index in [1.807, 2.05) is 0 Å². The number of furan rings is 2. The lowest BCUT2D eigenvalue weighted by Gasteiger charge is -2.26. The van der Waals surface area contributed by atoms with Gasteiger partial charge in [0.1, 0.15) is 11.8 Å². The topological polar surface area (TPSA) is 96.4 Å². The molecule has 8 nitrogen and oxygen atoms in total. The van der Waals surface area contributed by atoms with Gasteiger partial charge in [-0.1, -0.05) is 26.0 Å². The maximum atomic E-state index is 13.5. The summed E-state index contributed by atoms with van der Waals surface area (Å²) in [4.78, 5) is 30.3. The number of para-hydroxylation sites is 1. The van der Waals surface area contributed by atoms with E-state index in [-0.39, 0.29) is 11.3 Å². The van der Waals surface area contributed by atoms with Gasteiger partial charge >= 0.3 is 0 Å². The first-order valence-electron chi connectivity index (χ1n) is 11.1. The molecule has 33 heavy (non-hydrogen) atoms. The van der Waals surface area contributed by atoms with Crippen LogP contribution in [0.3, 0.4) is 0 Å². The second-order valence-electron chi connectivity index (χ2n) is 7.88. The van der Waals surface area contributed by atoms with Gasteiger partial charge in [-0.3, -0.25) is 9.59 Å². The normalized spacial score (nSPS) is 16.4. The molecule has 0 saturated carbocycles. The Morgan fingerprint density at radius 1 is 1.21 bits per heavy atom.